The molecule has 100 valence electrons. The van der Waals surface area contributed by atoms with Crippen molar-refractivity contribution < 1.29 is 9.53 Å². The van der Waals surface area contributed by atoms with E-state index >= 15 is 0 Å². The lowest BCUT2D eigenvalue weighted by atomic mass is 10.2. The predicted octanol–water partition coefficient (Wildman–Crippen LogP) is 0.858. The number of rotatable bonds is 7. The Morgan fingerprint density at radius 1 is 1.44 bits per heavy atom. The zero-order chi connectivity index (χ0) is 13.4. The number of nitrogen functional groups attached to an aromatic ring is 1. The molecule has 1 amide bonds. The van der Waals surface area contributed by atoms with Gasteiger partial charge in [0, 0.05) is 20.2 Å². The van der Waals surface area contributed by atoms with Gasteiger partial charge in [-0.3, -0.25) is 4.79 Å². The SMILES string of the molecule is CCN(CC(=O)NCCOC)c1ccccc1N. The van der Waals surface area contributed by atoms with Crippen LogP contribution in [0.2, 0.25) is 0 Å². The van der Waals surface area contributed by atoms with Crippen molar-refractivity contribution in [3.63, 3.8) is 0 Å². The van der Waals surface area contributed by atoms with Gasteiger partial charge in [0.1, 0.15) is 0 Å². The van der Waals surface area contributed by atoms with Crippen molar-refractivity contribution in [2.24, 2.45) is 0 Å². The van der Waals surface area contributed by atoms with Crippen molar-refractivity contribution >= 4 is 17.3 Å². The summed E-state index contributed by atoms with van der Waals surface area (Å²) in [7, 11) is 1.61. The first-order chi connectivity index (χ1) is 8.69. The summed E-state index contributed by atoms with van der Waals surface area (Å²) in [5.74, 6) is -0.0304. The van der Waals surface area contributed by atoms with Crippen LogP contribution in [-0.4, -0.2) is 39.3 Å². The Bertz CT molecular complexity index is 382. The van der Waals surface area contributed by atoms with E-state index in [0.29, 0.717) is 25.4 Å². The van der Waals surface area contributed by atoms with E-state index in [1.165, 1.54) is 0 Å². The second-order valence-corrected chi connectivity index (χ2v) is 3.92. The monoisotopic (exact) mass is 251 g/mol. The number of amides is 1. The molecule has 0 aliphatic rings. The standard InChI is InChI=1S/C13H21N3O2/c1-3-16(10-13(17)15-8-9-18-2)12-7-5-4-6-11(12)14/h4-7H,3,8-10,14H2,1-2H3,(H,15,17). The maximum atomic E-state index is 11.7. The summed E-state index contributed by atoms with van der Waals surface area (Å²) in [6, 6.07) is 7.55. The molecule has 0 fully saturated rings. The molecule has 18 heavy (non-hydrogen) atoms. The lowest BCUT2D eigenvalue weighted by Crippen LogP contribution is -2.38. The van der Waals surface area contributed by atoms with E-state index in [1.54, 1.807) is 7.11 Å². The minimum Gasteiger partial charge on any atom is -0.397 e. The second kappa shape index (κ2) is 7.55. The van der Waals surface area contributed by atoms with Crippen LogP contribution in [0.1, 0.15) is 6.92 Å². The second-order valence-electron chi connectivity index (χ2n) is 3.92. The highest BCUT2D eigenvalue weighted by molar-refractivity contribution is 5.83. The number of anilines is 2. The Kier molecular flexibility index (Phi) is 6.00. The fraction of sp³-hybridized carbons (Fsp3) is 0.462. The van der Waals surface area contributed by atoms with Crippen LogP contribution in [0, 0.1) is 0 Å². The molecule has 0 heterocycles. The predicted molar refractivity (Wildman–Crippen MR) is 73.6 cm³/mol. The molecule has 3 N–H and O–H groups in total. The van der Waals surface area contributed by atoms with Gasteiger partial charge >= 0.3 is 0 Å². The molecule has 1 aromatic carbocycles. The molecule has 1 aromatic rings. The molecule has 0 saturated heterocycles. The molecule has 5 heteroatoms. The average Bonchev–Trinajstić information content (AvgIpc) is 2.37. The molecule has 0 radical (unpaired) electrons. The summed E-state index contributed by atoms with van der Waals surface area (Å²) >= 11 is 0. The number of carbonyl (C=O) groups is 1. The number of nitrogens with zero attached hydrogens (tertiary/aromatic N) is 1. The lowest BCUT2D eigenvalue weighted by molar-refractivity contribution is -0.119. The molecule has 0 bridgehead atoms. The molecular weight excluding hydrogens is 230 g/mol. The van der Waals surface area contributed by atoms with Gasteiger partial charge in [-0.05, 0) is 19.1 Å². The summed E-state index contributed by atoms with van der Waals surface area (Å²) in [5, 5.41) is 2.79. The minimum atomic E-state index is -0.0304. The number of hydrogen-bond donors (Lipinski definition) is 2. The van der Waals surface area contributed by atoms with Crippen LogP contribution < -0.4 is 16.0 Å². The van der Waals surface area contributed by atoms with Gasteiger partial charge in [0.2, 0.25) is 5.91 Å². The summed E-state index contributed by atoms with van der Waals surface area (Å²) in [6.45, 7) is 4.07. The van der Waals surface area contributed by atoms with Crippen LogP contribution >= 0.6 is 0 Å². The Balaban J connectivity index is 2.57. The van der Waals surface area contributed by atoms with Gasteiger partial charge in [0.25, 0.3) is 0 Å². The van der Waals surface area contributed by atoms with Crippen molar-refractivity contribution in [1.29, 1.82) is 0 Å². The molecule has 1 rings (SSSR count). The van der Waals surface area contributed by atoms with Crippen LogP contribution in [0.5, 0.6) is 0 Å². The lowest BCUT2D eigenvalue weighted by Gasteiger charge is -2.23. The Morgan fingerprint density at radius 2 is 2.17 bits per heavy atom. The first-order valence-electron chi connectivity index (χ1n) is 6.04. The van der Waals surface area contributed by atoms with Gasteiger partial charge in [0.05, 0.1) is 24.5 Å². The maximum absolute atomic E-state index is 11.7. The number of para-hydroxylation sites is 2. The molecule has 0 unspecified atom stereocenters. The molecule has 0 aliphatic carbocycles. The number of nitrogens with two attached hydrogens (primary N) is 1. The van der Waals surface area contributed by atoms with E-state index in [0.717, 1.165) is 12.2 Å². The highest BCUT2D eigenvalue weighted by Gasteiger charge is 2.11. The fourth-order valence-corrected chi connectivity index (χ4v) is 1.66. The van der Waals surface area contributed by atoms with E-state index in [9.17, 15) is 4.79 Å². The van der Waals surface area contributed by atoms with Gasteiger partial charge in [0.15, 0.2) is 0 Å². The smallest absolute Gasteiger partial charge is 0.239 e. The highest BCUT2D eigenvalue weighted by Crippen LogP contribution is 2.21. The number of likely N-dealkylation sites (N-methyl/N-ethyl adjacent to an activating group) is 1. The number of hydrogen-bond acceptors (Lipinski definition) is 4. The van der Waals surface area contributed by atoms with Gasteiger partial charge in [-0.2, -0.15) is 0 Å². The van der Waals surface area contributed by atoms with Crippen molar-refractivity contribution in [1.82, 2.24) is 5.32 Å². The van der Waals surface area contributed by atoms with Gasteiger partial charge in [-0.1, -0.05) is 12.1 Å². The molecule has 0 saturated carbocycles. The number of carbonyl (C=O) groups excluding carboxylic acids is 1. The molecular formula is C13H21N3O2. The third-order valence-corrected chi connectivity index (χ3v) is 2.62. The van der Waals surface area contributed by atoms with Gasteiger partial charge < -0.3 is 20.7 Å². The average molecular weight is 251 g/mol. The summed E-state index contributed by atoms with van der Waals surface area (Å²) < 4.78 is 4.88. The van der Waals surface area contributed by atoms with E-state index in [4.69, 9.17) is 10.5 Å². The Labute approximate surface area is 108 Å². The van der Waals surface area contributed by atoms with Crippen molar-refractivity contribution in [2.45, 2.75) is 6.92 Å². The molecule has 0 spiro atoms. The van der Waals surface area contributed by atoms with Crippen LogP contribution in [0.15, 0.2) is 24.3 Å². The zero-order valence-electron chi connectivity index (χ0n) is 11.0. The molecule has 0 aromatic heterocycles. The van der Waals surface area contributed by atoms with Crippen LogP contribution in [0.25, 0.3) is 0 Å². The third kappa shape index (κ3) is 4.25. The van der Waals surface area contributed by atoms with Crippen LogP contribution in [0.3, 0.4) is 0 Å². The maximum Gasteiger partial charge on any atom is 0.239 e. The number of benzene rings is 1. The van der Waals surface area contributed by atoms with E-state index in [1.807, 2.05) is 36.1 Å². The van der Waals surface area contributed by atoms with Gasteiger partial charge in [-0.25, -0.2) is 0 Å². The zero-order valence-corrected chi connectivity index (χ0v) is 11.0. The summed E-state index contributed by atoms with van der Waals surface area (Å²) in [6.07, 6.45) is 0. The largest absolute Gasteiger partial charge is 0.397 e. The van der Waals surface area contributed by atoms with E-state index in [-0.39, 0.29) is 5.91 Å². The highest BCUT2D eigenvalue weighted by atomic mass is 16.5. The van der Waals surface area contributed by atoms with Crippen molar-refractivity contribution in [3.05, 3.63) is 24.3 Å². The third-order valence-electron chi connectivity index (χ3n) is 2.62. The van der Waals surface area contributed by atoms with Crippen LogP contribution in [-0.2, 0) is 9.53 Å². The minimum absolute atomic E-state index is 0.0304. The summed E-state index contributed by atoms with van der Waals surface area (Å²) in [4.78, 5) is 13.7. The topological polar surface area (TPSA) is 67.6 Å². The number of methoxy groups -OCH3 is 1. The molecule has 0 aliphatic heterocycles. The number of ether oxygens (including phenoxy) is 1. The van der Waals surface area contributed by atoms with E-state index in [2.05, 4.69) is 5.32 Å². The van der Waals surface area contributed by atoms with Crippen molar-refractivity contribution in [2.75, 3.05) is 44.0 Å². The fourth-order valence-electron chi connectivity index (χ4n) is 1.66. The Morgan fingerprint density at radius 3 is 2.78 bits per heavy atom. The first kappa shape index (κ1) is 14.3. The normalized spacial score (nSPS) is 10.1. The van der Waals surface area contributed by atoms with E-state index < -0.39 is 0 Å². The van der Waals surface area contributed by atoms with Crippen LogP contribution in [0.4, 0.5) is 11.4 Å². The number of nitrogens with one attached hydrogen (secondary N) is 1. The quantitative estimate of drug-likeness (QED) is 0.557. The van der Waals surface area contributed by atoms with Crippen molar-refractivity contribution in [3.8, 4) is 0 Å². The first-order valence-corrected chi connectivity index (χ1v) is 6.04. The summed E-state index contributed by atoms with van der Waals surface area (Å²) in [5.41, 5.74) is 7.48. The molecule has 0 atom stereocenters. The Hall–Kier alpha value is -1.75. The molecule has 5 nitrogen and oxygen atoms in total. The van der Waals surface area contributed by atoms with Gasteiger partial charge in [-0.15, -0.1) is 0 Å².